The second kappa shape index (κ2) is 8.32. The van der Waals surface area contributed by atoms with Crippen LogP contribution in [0.5, 0.6) is 11.5 Å². The number of hydrogen-bond acceptors (Lipinski definition) is 7. The Morgan fingerprint density at radius 2 is 1.76 bits per heavy atom. The Balaban J connectivity index is 1.59. The van der Waals surface area contributed by atoms with E-state index in [1.165, 1.54) is 0 Å². The van der Waals surface area contributed by atoms with Gasteiger partial charge in [-0.1, -0.05) is 0 Å². The fourth-order valence-corrected chi connectivity index (χ4v) is 3.29. The number of aromatic nitrogens is 2. The summed E-state index contributed by atoms with van der Waals surface area (Å²) in [5.41, 5.74) is 1.86. The molecule has 1 N–H and O–H groups in total. The quantitative estimate of drug-likeness (QED) is 0.712. The molecular formula is C21H22N4O4. The zero-order chi connectivity index (χ0) is 20.2. The van der Waals surface area contributed by atoms with Gasteiger partial charge in [0.25, 0.3) is 5.91 Å². The molecule has 0 radical (unpaired) electrons. The van der Waals surface area contributed by atoms with Gasteiger partial charge in [0.1, 0.15) is 23.6 Å². The van der Waals surface area contributed by atoms with Crippen LogP contribution in [0.3, 0.4) is 0 Å². The predicted molar refractivity (Wildman–Crippen MR) is 110 cm³/mol. The maximum Gasteiger partial charge on any atom is 0.255 e. The average Bonchev–Trinajstić information content (AvgIpc) is 2.78. The van der Waals surface area contributed by atoms with Crippen LogP contribution in [0.1, 0.15) is 10.4 Å². The first kappa shape index (κ1) is 18.9. The van der Waals surface area contributed by atoms with E-state index in [0.717, 1.165) is 29.8 Å². The molecule has 1 aromatic heterocycles. The van der Waals surface area contributed by atoms with E-state index in [0.29, 0.717) is 36.0 Å². The summed E-state index contributed by atoms with van der Waals surface area (Å²) >= 11 is 0. The number of fused-ring (bicyclic) bond motifs is 1. The normalized spacial score (nSPS) is 13.9. The van der Waals surface area contributed by atoms with Crippen molar-refractivity contribution in [1.82, 2.24) is 9.97 Å². The molecule has 150 valence electrons. The number of nitrogens with one attached hydrogen (secondary N) is 1. The number of ether oxygens (including phenoxy) is 3. The van der Waals surface area contributed by atoms with Crippen molar-refractivity contribution in [2.45, 2.75) is 0 Å². The summed E-state index contributed by atoms with van der Waals surface area (Å²) in [6.45, 7) is 2.96. The highest BCUT2D eigenvalue weighted by molar-refractivity contribution is 6.06. The van der Waals surface area contributed by atoms with Crippen LogP contribution in [0.4, 0.5) is 11.5 Å². The molecule has 8 heteroatoms. The molecule has 1 aliphatic rings. The molecule has 2 heterocycles. The fraction of sp³-hybridized carbons (Fsp3) is 0.286. The number of hydrogen-bond donors (Lipinski definition) is 1. The molecule has 29 heavy (non-hydrogen) atoms. The molecule has 1 amide bonds. The summed E-state index contributed by atoms with van der Waals surface area (Å²) in [6.07, 6.45) is 1.55. The lowest BCUT2D eigenvalue weighted by Crippen LogP contribution is -2.36. The SMILES string of the molecule is COc1cc(OC)cc(C(=O)Nc2ccc3c(N4CCOCC4)ncnc3c2)c1. The van der Waals surface area contributed by atoms with E-state index in [-0.39, 0.29) is 5.91 Å². The van der Waals surface area contributed by atoms with Gasteiger partial charge in [-0.05, 0) is 30.3 Å². The van der Waals surface area contributed by atoms with Crippen molar-refractivity contribution in [1.29, 1.82) is 0 Å². The highest BCUT2D eigenvalue weighted by atomic mass is 16.5. The van der Waals surface area contributed by atoms with Crippen molar-refractivity contribution in [2.24, 2.45) is 0 Å². The number of carbonyl (C=O) groups excluding carboxylic acids is 1. The summed E-state index contributed by atoms with van der Waals surface area (Å²) < 4.78 is 15.9. The minimum absolute atomic E-state index is 0.260. The van der Waals surface area contributed by atoms with Crippen molar-refractivity contribution in [3.8, 4) is 11.5 Å². The largest absolute Gasteiger partial charge is 0.497 e. The molecular weight excluding hydrogens is 372 g/mol. The Kier molecular flexibility index (Phi) is 5.44. The fourth-order valence-electron chi connectivity index (χ4n) is 3.29. The number of amides is 1. The van der Waals surface area contributed by atoms with Crippen LogP contribution in [0.15, 0.2) is 42.7 Å². The number of rotatable bonds is 5. The van der Waals surface area contributed by atoms with Gasteiger partial charge in [-0.3, -0.25) is 4.79 Å². The number of carbonyl (C=O) groups is 1. The Labute approximate surface area is 168 Å². The monoisotopic (exact) mass is 394 g/mol. The zero-order valence-corrected chi connectivity index (χ0v) is 16.3. The first-order valence-corrected chi connectivity index (χ1v) is 9.30. The molecule has 8 nitrogen and oxygen atoms in total. The average molecular weight is 394 g/mol. The van der Waals surface area contributed by atoms with E-state index in [4.69, 9.17) is 14.2 Å². The third-order valence-corrected chi connectivity index (χ3v) is 4.80. The van der Waals surface area contributed by atoms with Crippen LogP contribution >= 0.6 is 0 Å². The summed E-state index contributed by atoms with van der Waals surface area (Å²) in [5, 5.41) is 3.85. The molecule has 0 spiro atoms. The lowest BCUT2D eigenvalue weighted by atomic mass is 10.1. The molecule has 1 fully saturated rings. The Hall–Kier alpha value is -3.39. The first-order valence-electron chi connectivity index (χ1n) is 9.30. The van der Waals surface area contributed by atoms with Crippen LogP contribution in [-0.2, 0) is 4.74 Å². The molecule has 3 aromatic rings. The number of morpholine rings is 1. The lowest BCUT2D eigenvalue weighted by molar-refractivity contribution is 0.102. The Morgan fingerprint density at radius 3 is 2.45 bits per heavy atom. The number of methoxy groups -OCH3 is 2. The smallest absolute Gasteiger partial charge is 0.255 e. The minimum Gasteiger partial charge on any atom is -0.497 e. The van der Waals surface area contributed by atoms with Crippen LogP contribution in [-0.4, -0.2) is 56.4 Å². The van der Waals surface area contributed by atoms with Gasteiger partial charge >= 0.3 is 0 Å². The molecule has 0 saturated carbocycles. The standard InChI is InChI=1S/C21H22N4O4/c1-27-16-9-14(10-17(12-16)28-2)21(26)24-15-3-4-18-19(11-15)22-13-23-20(18)25-5-7-29-8-6-25/h3-4,9-13H,5-8H2,1-2H3,(H,24,26). The van der Waals surface area contributed by atoms with Gasteiger partial charge in [0.05, 0.1) is 33.0 Å². The van der Waals surface area contributed by atoms with Gasteiger partial charge in [-0.25, -0.2) is 9.97 Å². The van der Waals surface area contributed by atoms with Gasteiger partial charge in [0.15, 0.2) is 0 Å². The number of anilines is 2. The van der Waals surface area contributed by atoms with E-state index in [1.54, 1.807) is 38.7 Å². The molecule has 2 aromatic carbocycles. The van der Waals surface area contributed by atoms with E-state index < -0.39 is 0 Å². The predicted octanol–water partition coefficient (Wildman–Crippen LogP) is 2.74. The second-order valence-corrected chi connectivity index (χ2v) is 6.58. The van der Waals surface area contributed by atoms with Crippen LogP contribution in [0.2, 0.25) is 0 Å². The third-order valence-electron chi connectivity index (χ3n) is 4.80. The van der Waals surface area contributed by atoms with Crippen molar-refractivity contribution in [3.05, 3.63) is 48.3 Å². The van der Waals surface area contributed by atoms with Crippen LogP contribution in [0, 0.1) is 0 Å². The summed E-state index contributed by atoms with van der Waals surface area (Å²) in [5.74, 6) is 1.73. The number of benzene rings is 2. The van der Waals surface area contributed by atoms with Crippen molar-refractivity contribution in [3.63, 3.8) is 0 Å². The van der Waals surface area contributed by atoms with E-state index in [2.05, 4.69) is 20.2 Å². The summed E-state index contributed by atoms with van der Waals surface area (Å²) in [7, 11) is 3.09. The van der Waals surface area contributed by atoms with E-state index in [1.807, 2.05) is 18.2 Å². The topological polar surface area (TPSA) is 85.8 Å². The maximum absolute atomic E-state index is 12.7. The van der Waals surface area contributed by atoms with Gasteiger partial charge in [0, 0.05) is 35.8 Å². The van der Waals surface area contributed by atoms with Crippen molar-refractivity contribution < 1.29 is 19.0 Å². The highest BCUT2D eigenvalue weighted by Gasteiger charge is 2.16. The maximum atomic E-state index is 12.7. The van der Waals surface area contributed by atoms with Crippen LogP contribution in [0.25, 0.3) is 10.9 Å². The molecule has 4 rings (SSSR count). The molecule has 1 saturated heterocycles. The molecule has 0 atom stereocenters. The molecule has 0 aliphatic carbocycles. The Bertz CT molecular complexity index is 1010. The van der Waals surface area contributed by atoms with Gasteiger partial charge in [-0.2, -0.15) is 0 Å². The zero-order valence-electron chi connectivity index (χ0n) is 16.3. The summed E-state index contributed by atoms with van der Waals surface area (Å²) in [4.78, 5) is 23.7. The number of nitrogens with zero attached hydrogens (tertiary/aromatic N) is 3. The van der Waals surface area contributed by atoms with Gasteiger partial charge in [0.2, 0.25) is 0 Å². The molecule has 1 aliphatic heterocycles. The highest BCUT2D eigenvalue weighted by Crippen LogP contribution is 2.27. The Morgan fingerprint density at radius 1 is 1.03 bits per heavy atom. The van der Waals surface area contributed by atoms with Crippen molar-refractivity contribution in [2.75, 3.05) is 50.7 Å². The van der Waals surface area contributed by atoms with E-state index in [9.17, 15) is 4.79 Å². The van der Waals surface area contributed by atoms with Crippen LogP contribution < -0.4 is 19.7 Å². The third kappa shape index (κ3) is 4.07. The molecule has 0 bridgehead atoms. The van der Waals surface area contributed by atoms with Gasteiger partial charge < -0.3 is 24.4 Å². The van der Waals surface area contributed by atoms with Crippen molar-refractivity contribution >= 4 is 28.3 Å². The first-order chi connectivity index (χ1) is 14.2. The lowest BCUT2D eigenvalue weighted by Gasteiger charge is -2.28. The van der Waals surface area contributed by atoms with E-state index >= 15 is 0 Å². The van der Waals surface area contributed by atoms with Gasteiger partial charge in [-0.15, -0.1) is 0 Å². The second-order valence-electron chi connectivity index (χ2n) is 6.58. The minimum atomic E-state index is -0.260. The molecule has 0 unspecified atom stereocenters. The summed E-state index contributed by atoms with van der Waals surface area (Å²) in [6, 6.07) is 10.7.